The maximum absolute atomic E-state index is 6.81. The van der Waals surface area contributed by atoms with Crippen LogP contribution in [0.2, 0.25) is 0 Å². The van der Waals surface area contributed by atoms with Gasteiger partial charge in [-0.15, -0.1) is 0 Å². The van der Waals surface area contributed by atoms with E-state index in [1.807, 2.05) is 6.07 Å². The summed E-state index contributed by atoms with van der Waals surface area (Å²) in [5.74, 6) is 3.63. The SMILES string of the molecule is c1cc2c3c(c1)Oc1cccc4c1B3c1c(cccc1C41c3cccc4ccc5ccc(-n6c7ccccc7c7ccccc76)c1c5c34)O2. The normalized spacial score (nSPS) is 15.0. The summed E-state index contributed by atoms with van der Waals surface area (Å²) in [4.78, 5) is 0. The molecule has 0 saturated carbocycles. The summed E-state index contributed by atoms with van der Waals surface area (Å²) in [6.07, 6.45) is 0. The number of para-hydroxylation sites is 2. The summed E-state index contributed by atoms with van der Waals surface area (Å²) in [6.45, 7) is 0.0236. The minimum Gasteiger partial charge on any atom is -0.458 e. The van der Waals surface area contributed by atoms with E-state index in [4.69, 9.17) is 9.47 Å². The Morgan fingerprint density at radius 1 is 0.429 bits per heavy atom. The Kier molecular flexibility index (Phi) is 4.18. The van der Waals surface area contributed by atoms with Gasteiger partial charge in [0, 0.05) is 21.8 Å². The Balaban J connectivity index is 1.28. The van der Waals surface area contributed by atoms with Gasteiger partial charge >= 0.3 is 0 Å². The van der Waals surface area contributed by atoms with Crippen LogP contribution in [0.4, 0.5) is 0 Å². The van der Waals surface area contributed by atoms with Crippen molar-refractivity contribution in [3.63, 3.8) is 0 Å². The molecule has 0 unspecified atom stereocenters. The second-order valence-corrected chi connectivity index (χ2v) is 13.9. The molecule has 4 heteroatoms. The minimum absolute atomic E-state index is 0.0236. The summed E-state index contributed by atoms with van der Waals surface area (Å²) in [6, 6.07) is 53.5. The zero-order valence-electron chi connectivity index (χ0n) is 26.2. The fourth-order valence-electron chi connectivity index (χ4n) is 10.3. The predicted octanol–water partition coefficient (Wildman–Crippen LogP) is 8.83. The van der Waals surface area contributed by atoms with E-state index < -0.39 is 5.41 Å². The van der Waals surface area contributed by atoms with Gasteiger partial charge in [-0.1, -0.05) is 103 Å². The van der Waals surface area contributed by atoms with Crippen LogP contribution in [0.1, 0.15) is 22.3 Å². The quantitative estimate of drug-likeness (QED) is 0.135. The van der Waals surface area contributed by atoms with E-state index in [1.54, 1.807) is 0 Å². The molecule has 0 atom stereocenters. The summed E-state index contributed by atoms with van der Waals surface area (Å²) in [5, 5.41) is 7.71. The Labute approximate surface area is 281 Å². The molecule has 9 aromatic rings. The molecule has 3 nitrogen and oxygen atoms in total. The van der Waals surface area contributed by atoms with Crippen LogP contribution in [0.15, 0.2) is 146 Å². The van der Waals surface area contributed by atoms with Gasteiger partial charge in [-0.3, -0.25) is 0 Å². The highest BCUT2D eigenvalue weighted by Crippen LogP contribution is 2.60. The zero-order chi connectivity index (χ0) is 31.6. The Morgan fingerprint density at radius 2 is 0.939 bits per heavy atom. The van der Waals surface area contributed by atoms with E-state index in [2.05, 4.69) is 144 Å². The summed E-state index contributed by atoms with van der Waals surface area (Å²) < 4.78 is 16.1. The lowest BCUT2D eigenvalue weighted by atomic mass is 9.29. The van der Waals surface area contributed by atoms with E-state index in [-0.39, 0.29) is 6.71 Å². The molecule has 0 bridgehead atoms. The van der Waals surface area contributed by atoms with Crippen LogP contribution in [0.5, 0.6) is 23.0 Å². The number of hydrogen-bond donors (Lipinski definition) is 0. The standard InChI is InChI=1S/C45H24BNO2/c1-3-15-32-27(10-1)28-11-2-4-16-33(28)47(32)34-24-23-26-22-21-25-9-5-12-29-39(25)40(26)41(34)45(29)30-13-6-17-35-42(30)46-43-31(45)14-7-18-36(43)49-38-20-8-19-37(48-35)44(38)46/h1-24H. The first-order valence-electron chi connectivity index (χ1n) is 17.1. The van der Waals surface area contributed by atoms with Crippen molar-refractivity contribution < 1.29 is 9.47 Å². The van der Waals surface area contributed by atoms with Gasteiger partial charge in [0.2, 0.25) is 0 Å². The largest absolute Gasteiger partial charge is 0.458 e. The second-order valence-electron chi connectivity index (χ2n) is 13.9. The lowest BCUT2D eigenvalue weighted by Crippen LogP contribution is -2.65. The van der Waals surface area contributed by atoms with Gasteiger partial charge in [-0.2, -0.15) is 0 Å². The van der Waals surface area contributed by atoms with Crippen molar-refractivity contribution in [1.82, 2.24) is 4.57 Å². The van der Waals surface area contributed by atoms with Crippen molar-refractivity contribution in [1.29, 1.82) is 0 Å². The second kappa shape index (κ2) is 8.23. The van der Waals surface area contributed by atoms with Crippen LogP contribution >= 0.6 is 0 Å². The van der Waals surface area contributed by atoms with Gasteiger partial charge in [0.15, 0.2) is 0 Å². The molecule has 1 aromatic heterocycles. The molecule has 0 radical (unpaired) electrons. The van der Waals surface area contributed by atoms with Gasteiger partial charge in [-0.05, 0) is 91.6 Å². The molecule has 0 amide bonds. The topological polar surface area (TPSA) is 23.4 Å². The monoisotopic (exact) mass is 621 g/mol. The molecular weight excluding hydrogens is 597 g/mol. The average molecular weight is 622 g/mol. The highest BCUT2D eigenvalue weighted by molar-refractivity contribution is 6.99. The van der Waals surface area contributed by atoms with E-state index in [0.717, 1.165) is 28.5 Å². The van der Waals surface area contributed by atoms with E-state index >= 15 is 0 Å². The highest BCUT2D eigenvalue weighted by Gasteiger charge is 2.57. The molecule has 49 heavy (non-hydrogen) atoms. The van der Waals surface area contributed by atoms with Crippen molar-refractivity contribution in [2.45, 2.75) is 5.41 Å². The molecule has 4 aliphatic rings. The summed E-state index contributed by atoms with van der Waals surface area (Å²) >= 11 is 0. The molecule has 1 spiro atoms. The van der Waals surface area contributed by atoms with Crippen molar-refractivity contribution >= 4 is 66.5 Å². The number of rotatable bonds is 1. The minimum atomic E-state index is -0.617. The third-order valence-corrected chi connectivity index (χ3v) is 11.9. The fourth-order valence-corrected chi connectivity index (χ4v) is 10.3. The first-order valence-corrected chi connectivity index (χ1v) is 17.1. The first kappa shape index (κ1) is 24.9. The van der Waals surface area contributed by atoms with Crippen molar-refractivity contribution in [3.8, 4) is 28.7 Å². The van der Waals surface area contributed by atoms with E-state index in [1.165, 1.54) is 82.2 Å². The molecule has 4 heterocycles. The molecule has 224 valence electrons. The van der Waals surface area contributed by atoms with Crippen LogP contribution < -0.4 is 25.9 Å². The first-order chi connectivity index (χ1) is 24.3. The van der Waals surface area contributed by atoms with Crippen molar-refractivity contribution in [2.75, 3.05) is 0 Å². The Morgan fingerprint density at radius 3 is 1.59 bits per heavy atom. The summed E-state index contributed by atoms with van der Waals surface area (Å²) in [7, 11) is 0. The van der Waals surface area contributed by atoms with Crippen LogP contribution in [0.25, 0.3) is 49.0 Å². The Bertz CT molecular complexity index is 2900. The van der Waals surface area contributed by atoms with Gasteiger partial charge in [-0.25, -0.2) is 0 Å². The number of aromatic nitrogens is 1. The molecule has 1 aliphatic carbocycles. The van der Waals surface area contributed by atoms with Crippen molar-refractivity contribution in [3.05, 3.63) is 168 Å². The Hall–Kier alpha value is -6.26. The third-order valence-electron chi connectivity index (χ3n) is 11.9. The molecular formula is C45H24BNO2. The van der Waals surface area contributed by atoms with E-state index in [9.17, 15) is 0 Å². The van der Waals surface area contributed by atoms with Crippen LogP contribution in [0.3, 0.4) is 0 Å². The molecule has 3 aliphatic heterocycles. The van der Waals surface area contributed by atoms with Gasteiger partial charge < -0.3 is 14.0 Å². The third kappa shape index (κ3) is 2.65. The summed E-state index contributed by atoms with van der Waals surface area (Å²) in [5.41, 5.74) is 11.9. The molecule has 0 fully saturated rings. The molecule has 0 saturated heterocycles. The van der Waals surface area contributed by atoms with Crippen molar-refractivity contribution in [2.24, 2.45) is 0 Å². The van der Waals surface area contributed by atoms with Gasteiger partial charge in [0.1, 0.15) is 23.0 Å². The van der Waals surface area contributed by atoms with Crippen LogP contribution in [0, 0.1) is 0 Å². The molecule has 0 N–H and O–H groups in total. The number of hydrogen-bond acceptors (Lipinski definition) is 2. The maximum Gasteiger partial charge on any atom is 0.261 e. The molecule has 8 aromatic carbocycles. The lowest BCUT2D eigenvalue weighted by Gasteiger charge is -2.47. The predicted molar refractivity (Wildman–Crippen MR) is 199 cm³/mol. The average Bonchev–Trinajstić information content (AvgIpc) is 3.65. The zero-order valence-corrected chi connectivity index (χ0v) is 26.2. The van der Waals surface area contributed by atoms with Gasteiger partial charge in [0.05, 0.1) is 22.1 Å². The maximum atomic E-state index is 6.81. The number of fused-ring (bicyclic) bond motifs is 7. The lowest BCUT2D eigenvalue weighted by molar-refractivity contribution is 0.461. The van der Waals surface area contributed by atoms with Crippen LogP contribution in [-0.4, -0.2) is 11.3 Å². The number of ether oxygens (including phenoxy) is 2. The number of benzene rings is 8. The fraction of sp³-hybridized carbons (Fsp3) is 0.0222. The van der Waals surface area contributed by atoms with Crippen LogP contribution in [-0.2, 0) is 5.41 Å². The highest BCUT2D eigenvalue weighted by atomic mass is 16.5. The smallest absolute Gasteiger partial charge is 0.261 e. The van der Waals surface area contributed by atoms with E-state index in [0.29, 0.717) is 0 Å². The van der Waals surface area contributed by atoms with Gasteiger partial charge in [0.25, 0.3) is 6.71 Å². The number of nitrogens with zero attached hydrogens (tertiary/aromatic N) is 1. The molecule has 13 rings (SSSR count).